The molecule has 18 heavy (non-hydrogen) atoms. The van der Waals surface area contributed by atoms with Crippen molar-refractivity contribution in [2.24, 2.45) is 0 Å². The highest BCUT2D eigenvalue weighted by molar-refractivity contribution is 5.95. The average Bonchev–Trinajstić information content (AvgIpc) is 2.66. The fraction of sp³-hybridized carbons (Fsp3) is 0.462. The lowest BCUT2D eigenvalue weighted by Gasteiger charge is -2.32. The topological polar surface area (TPSA) is 70.0 Å². The standard InChI is InChI=1S/C13H15NO4/c15-9-3-8(4-10(16)5-9)13(17)14-6-11-1-2-12(7-14)18-11/h3-5,11-12,15-16H,1-2,6-7H2. The van der Waals surface area contributed by atoms with E-state index in [1.54, 1.807) is 4.90 Å². The molecule has 0 aliphatic carbocycles. The monoisotopic (exact) mass is 249 g/mol. The number of phenols is 2. The molecular weight excluding hydrogens is 234 g/mol. The summed E-state index contributed by atoms with van der Waals surface area (Å²) in [6.07, 6.45) is 2.27. The first kappa shape index (κ1) is 11.3. The molecule has 2 N–H and O–H groups in total. The van der Waals surface area contributed by atoms with Crippen molar-refractivity contribution in [3.8, 4) is 11.5 Å². The van der Waals surface area contributed by atoms with Gasteiger partial charge in [-0.3, -0.25) is 4.79 Å². The smallest absolute Gasteiger partial charge is 0.254 e. The Morgan fingerprint density at radius 1 is 1.11 bits per heavy atom. The number of phenolic OH excluding ortho intramolecular Hbond substituents is 2. The molecule has 0 aromatic heterocycles. The van der Waals surface area contributed by atoms with Crippen molar-refractivity contribution < 1.29 is 19.7 Å². The summed E-state index contributed by atoms with van der Waals surface area (Å²) in [6.45, 7) is 1.18. The van der Waals surface area contributed by atoms with Crippen LogP contribution in [0.4, 0.5) is 0 Å². The summed E-state index contributed by atoms with van der Waals surface area (Å²) < 4.78 is 5.67. The second-order valence-electron chi connectivity index (χ2n) is 4.91. The Bertz CT molecular complexity index is 456. The zero-order valence-electron chi connectivity index (χ0n) is 9.87. The number of morpholine rings is 1. The van der Waals surface area contributed by atoms with Crippen LogP contribution in [0.5, 0.6) is 11.5 Å². The van der Waals surface area contributed by atoms with Crippen LogP contribution in [0, 0.1) is 0 Å². The summed E-state index contributed by atoms with van der Waals surface area (Å²) in [5.74, 6) is -0.370. The van der Waals surface area contributed by atoms with E-state index in [9.17, 15) is 15.0 Å². The minimum absolute atomic E-state index is 0.102. The summed E-state index contributed by atoms with van der Waals surface area (Å²) in [5, 5.41) is 18.8. The van der Waals surface area contributed by atoms with Crippen LogP contribution in [0.25, 0.3) is 0 Å². The van der Waals surface area contributed by atoms with E-state index in [-0.39, 0.29) is 29.6 Å². The molecule has 3 rings (SSSR count). The first-order valence-corrected chi connectivity index (χ1v) is 6.09. The van der Waals surface area contributed by atoms with Crippen LogP contribution < -0.4 is 0 Å². The Hall–Kier alpha value is -1.75. The van der Waals surface area contributed by atoms with Crippen molar-refractivity contribution in [2.45, 2.75) is 25.0 Å². The van der Waals surface area contributed by atoms with Gasteiger partial charge in [0.15, 0.2) is 0 Å². The van der Waals surface area contributed by atoms with E-state index in [0.717, 1.165) is 12.8 Å². The molecule has 1 amide bonds. The first-order valence-electron chi connectivity index (χ1n) is 6.09. The molecule has 0 saturated carbocycles. The number of hydrogen-bond donors (Lipinski definition) is 2. The van der Waals surface area contributed by atoms with Gasteiger partial charge >= 0.3 is 0 Å². The SMILES string of the molecule is O=C(c1cc(O)cc(O)c1)N1CC2CCC(C1)O2. The average molecular weight is 249 g/mol. The number of aromatic hydroxyl groups is 2. The molecular formula is C13H15NO4. The van der Waals surface area contributed by atoms with Crippen LogP contribution in [-0.4, -0.2) is 46.3 Å². The largest absolute Gasteiger partial charge is 0.508 e. The Kier molecular flexibility index (Phi) is 2.63. The number of rotatable bonds is 1. The quantitative estimate of drug-likeness (QED) is 0.782. The molecule has 5 nitrogen and oxygen atoms in total. The summed E-state index contributed by atoms with van der Waals surface area (Å²) in [6, 6.07) is 3.96. The van der Waals surface area contributed by atoms with Crippen molar-refractivity contribution in [1.29, 1.82) is 0 Å². The number of fused-ring (bicyclic) bond motifs is 2. The van der Waals surface area contributed by atoms with E-state index in [1.165, 1.54) is 18.2 Å². The van der Waals surface area contributed by atoms with Gasteiger partial charge in [-0.25, -0.2) is 0 Å². The summed E-state index contributed by atoms with van der Waals surface area (Å²) >= 11 is 0. The summed E-state index contributed by atoms with van der Waals surface area (Å²) in [5.41, 5.74) is 0.314. The lowest BCUT2D eigenvalue weighted by Crippen LogP contribution is -2.45. The van der Waals surface area contributed by atoms with Gasteiger partial charge in [0.1, 0.15) is 11.5 Å². The molecule has 1 aromatic rings. The molecule has 1 aromatic carbocycles. The van der Waals surface area contributed by atoms with Gasteiger partial charge in [-0.2, -0.15) is 0 Å². The van der Waals surface area contributed by atoms with Gasteiger partial charge in [-0.1, -0.05) is 0 Å². The molecule has 2 unspecified atom stereocenters. The van der Waals surface area contributed by atoms with Crippen LogP contribution in [0.15, 0.2) is 18.2 Å². The van der Waals surface area contributed by atoms with Gasteiger partial charge in [0, 0.05) is 24.7 Å². The minimum Gasteiger partial charge on any atom is -0.508 e. The maximum atomic E-state index is 12.3. The third-order valence-corrected chi connectivity index (χ3v) is 3.48. The van der Waals surface area contributed by atoms with E-state index < -0.39 is 0 Å². The molecule has 5 heteroatoms. The van der Waals surface area contributed by atoms with E-state index in [2.05, 4.69) is 0 Å². The predicted molar refractivity (Wildman–Crippen MR) is 63.6 cm³/mol. The van der Waals surface area contributed by atoms with Crippen molar-refractivity contribution in [1.82, 2.24) is 4.90 Å². The maximum Gasteiger partial charge on any atom is 0.254 e. The van der Waals surface area contributed by atoms with Crippen molar-refractivity contribution >= 4 is 5.91 Å². The fourth-order valence-corrected chi connectivity index (χ4v) is 2.68. The van der Waals surface area contributed by atoms with Gasteiger partial charge in [-0.15, -0.1) is 0 Å². The second kappa shape index (κ2) is 4.17. The molecule has 96 valence electrons. The number of ether oxygens (including phenoxy) is 1. The van der Waals surface area contributed by atoms with Gasteiger partial charge in [0.25, 0.3) is 5.91 Å². The van der Waals surface area contributed by atoms with Crippen LogP contribution >= 0.6 is 0 Å². The molecule has 2 saturated heterocycles. The maximum absolute atomic E-state index is 12.3. The van der Waals surface area contributed by atoms with Crippen LogP contribution in [0.3, 0.4) is 0 Å². The lowest BCUT2D eigenvalue weighted by atomic mass is 10.1. The number of carbonyl (C=O) groups excluding carboxylic acids is 1. The molecule has 2 aliphatic rings. The van der Waals surface area contributed by atoms with E-state index in [1.807, 2.05) is 0 Å². The van der Waals surface area contributed by atoms with Crippen molar-refractivity contribution in [3.63, 3.8) is 0 Å². The number of nitrogens with zero attached hydrogens (tertiary/aromatic N) is 1. The normalized spacial score (nSPS) is 26.3. The molecule has 0 radical (unpaired) electrons. The fourth-order valence-electron chi connectivity index (χ4n) is 2.68. The van der Waals surface area contributed by atoms with Gasteiger partial charge < -0.3 is 19.8 Å². The van der Waals surface area contributed by atoms with Crippen LogP contribution in [0.1, 0.15) is 23.2 Å². The van der Waals surface area contributed by atoms with Crippen molar-refractivity contribution in [2.75, 3.05) is 13.1 Å². The molecule has 0 spiro atoms. The van der Waals surface area contributed by atoms with Gasteiger partial charge in [0.2, 0.25) is 0 Å². The van der Waals surface area contributed by atoms with E-state index >= 15 is 0 Å². The third kappa shape index (κ3) is 2.01. The molecule has 2 heterocycles. The second-order valence-corrected chi connectivity index (χ2v) is 4.91. The van der Waals surface area contributed by atoms with E-state index in [0.29, 0.717) is 18.7 Å². The highest BCUT2D eigenvalue weighted by Gasteiger charge is 2.36. The Labute approximate surface area is 105 Å². The molecule has 2 aliphatic heterocycles. The highest BCUT2D eigenvalue weighted by atomic mass is 16.5. The van der Waals surface area contributed by atoms with E-state index in [4.69, 9.17) is 4.74 Å². The zero-order valence-corrected chi connectivity index (χ0v) is 9.87. The Morgan fingerprint density at radius 3 is 2.22 bits per heavy atom. The lowest BCUT2D eigenvalue weighted by molar-refractivity contribution is -0.0303. The van der Waals surface area contributed by atoms with Crippen LogP contribution in [-0.2, 0) is 4.74 Å². The van der Waals surface area contributed by atoms with Gasteiger partial charge in [-0.05, 0) is 25.0 Å². The first-order chi connectivity index (χ1) is 8.61. The van der Waals surface area contributed by atoms with Crippen LogP contribution in [0.2, 0.25) is 0 Å². The minimum atomic E-state index is -0.165. The highest BCUT2D eigenvalue weighted by Crippen LogP contribution is 2.28. The summed E-state index contributed by atoms with van der Waals surface area (Å²) in [4.78, 5) is 14.0. The number of hydrogen-bond acceptors (Lipinski definition) is 4. The molecule has 2 fully saturated rings. The number of likely N-dealkylation sites (tertiary alicyclic amines) is 1. The zero-order chi connectivity index (χ0) is 12.7. The van der Waals surface area contributed by atoms with Gasteiger partial charge in [0.05, 0.1) is 12.2 Å². The molecule has 2 bridgehead atoms. The Balaban J connectivity index is 1.81. The van der Waals surface area contributed by atoms with Crippen molar-refractivity contribution in [3.05, 3.63) is 23.8 Å². The Morgan fingerprint density at radius 2 is 1.67 bits per heavy atom. The predicted octanol–water partition coefficient (Wildman–Crippen LogP) is 1.10. The number of amides is 1. The summed E-state index contributed by atoms with van der Waals surface area (Å²) in [7, 11) is 0. The molecule has 2 atom stereocenters. The number of benzene rings is 1. The third-order valence-electron chi connectivity index (χ3n) is 3.48. The number of carbonyl (C=O) groups is 1.